The molecule has 0 unspecified atom stereocenters. The number of rotatable bonds is 13. The third-order valence-electron chi connectivity index (χ3n) is 4.87. The molecule has 22 heavy (non-hydrogen) atoms. The van der Waals surface area contributed by atoms with Crippen LogP contribution in [-0.2, 0) is 4.79 Å². The van der Waals surface area contributed by atoms with Crippen molar-refractivity contribution in [2.24, 2.45) is 11.7 Å². The average molecular weight is 312 g/mol. The molecule has 0 aromatic heterocycles. The Morgan fingerprint density at radius 3 is 1.77 bits per heavy atom. The minimum Gasteiger partial charge on any atom is -0.396 e. The Kier molecular flexibility index (Phi) is 11.4. The first-order valence-corrected chi connectivity index (χ1v) is 9.36. The predicted octanol–water partition coefficient (Wildman–Crippen LogP) is 3.08. The number of aliphatic hydroxyl groups excluding tert-OH is 1. The molecule has 1 heterocycles. The molecule has 0 saturated carbocycles. The van der Waals surface area contributed by atoms with E-state index in [1.54, 1.807) is 0 Å². The number of nitrogens with two attached hydrogens (primary N) is 1. The number of nitrogens with zero attached hydrogens (tertiary/aromatic N) is 1. The summed E-state index contributed by atoms with van der Waals surface area (Å²) in [4.78, 5) is 13.6. The average Bonchev–Trinajstić information content (AvgIpc) is 2.53. The number of aliphatic hydroxyl groups is 1. The van der Waals surface area contributed by atoms with E-state index in [1.807, 2.05) is 0 Å². The number of unbranched alkanes of at least 4 members (excludes halogenated alkanes) is 9. The summed E-state index contributed by atoms with van der Waals surface area (Å²) in [7, 11) is 0. The highest BCUT2D eigenvalue weighted by Crippen LogP contribution is 2.17. The van der Waals surface area contributed by atoms with E-state index in [0.717, 1.165) is 32.4 Å². The normalized spacial score (nSPS) is 17.0. The number of carbonyl (C=O) groups excluding carboxylic acids is 1. The lowest BCUT2D eigenvalue weighted by Crippen LogP contribution is -2.38. The molecule has 1 fully saturated rings. The van der Waals surface area contributed by atoms with Crippen LogP contribution in [0.2, 0.25) is 0 Å². The van der Waals surface area contributed by atoms with Crippen molar-refractivity contribution in [3.05, 3.63) is 0 Å². The molecule has 1 amide bonds. The summed E-state index contributed by atoms with van der Waals surface area (Å²) in [5.41, 5.74) is 5.36. The number of hydrogen-bond acceptors (Lipinski definition) is 3. The van der Waals surface area contributed by atoms with Crippen LogP contribution in [0.4, 0.5) is 0 Å². The summed E-state index contributed by atoms with van der Waals surface area (Å²) in [6.07, 6.45) is 14.7. The van der Waals surface area contributed by atoms with E-state index < -0.39 is 0 Å². The van der Waals surface area contributed by atoms with Gasteiger partial charge in [-0.3, -0.25) is 4.79 Å². The molecule has 0 aromatic carbocycles. The Bertz CT molecular complexity index is 276. The van der Waals surface area contributed by atoms with E-state index in [2.05, 4.69) is 4.90 Å². The largest absolute Gasteiger partial charge is 0.396 e. The van der Waals surface area contributed by atoms with Gasteiger partial charge < -0.3 is 15.7 Å². The third-order valence-corrected chi connectivity index (χ3v) is 4.87. The number of hydrogen-bond donors (Lipinski definition) is 2. The Hall–Kier alpha value is -0.610. The minimum absolute atomic E-state index is 0.115. The maximum atomic E-state index is 11.1. The maximum absolute atomic E-state index is 11.1. The number of carbonyl (C=O) groups is 1. The van der Waals surface area contributed by atoms with Gasteiger partial charge in [0.2, 0.25) is 5.91 Å². The topological polar surface area (TPSA) is 66.6 Å². The van der Waals surface area contributed by atoms with Crippen molar-refractivity contribution >= 4 is 5.91 Å². The number of likely N-dealkylation sites (tertiary alicyclic amines) is 1. The van der Waals surface area contributed by atoms with Crippen molar-refractivity contribution in [2.75, 3.05) is 26.2 Å². The maximum Gasteiger partial charge on any atom is 0.220 e. The molecule has 4 nitrogen and oxygen atoms in total. The fraction of sp³-hybridized carbons (Fsp3) is 0.944. The Labute approximate surface area is 136 Å². The number of piperidine rings is 1. The second kappa shape index (κ2) is 12.9. The SMILES string of the molecule is NC(=O)C1CCN(CCCCCCCCCCCCO)CC1. The second-order valence-corrected chi connectivity index (χ2v) is 6.78. The molecule has 0 spiro atoms. The molecular formula is C18H36N2O2. The Balaban J connectivity index is 1.81. The van der Waals surface area contributed by atoms with Crippen molar-refractivity contribution in [1.29, 1.82) is 0 Å². The third kappa shape index (κ3) is 9.42. The van der Waals surface area contributed by atoms with Gasteiger partial charge in [0.25, 0.3) is 0 Å². The van der Waals surface area contributed by atoms with E-state index >= 15 is 0 Å². The molecular weight excluding hydrogens is 276 g/mol. The first kappa shape index (κ1) is 19.4. The van der Waals surface area contributed by atoms with Crippen LogP contribution in [0.3, 0.4) is 0 Å². The predicted molar refractivity (Wildman–Crippen MR) is 91.6 cm³/mol. The van der Waals surface area contributed by atoms with E-state index in [-0.39, 0.29) is 11.8 Å². The van der Waals surface area contributed by atoms with Crippen molar-refractivity contribution < 1.29 is 9.90 Å². The van der Waals surface area contributed by atoms with Crippen LogP contribution in [0.1, 0.15) is 77.0 Å². The smallest absolute Gasteiger partial charge is 0.220 e. The fourth-order valence-electron chi connectivity index (χ4n) is 3.30. The molecule has 3 N–H and O–H groups in total. The Morgan fingerprint density at radius 1 is 0.864 bits per heavy atom. The van der Waals surface area contributed by atoms with Crippen LogP contribution >= 0.6 is 0 Å². The molecule has 1 aliphatic rings. The highest BCUT2D eigenvalue weighted by molar-refractivity contribution is 5.76. The Morgan fingerprint density at radius 2 is 1.32 bits per heavy atom. The van der Waals surface area contributed by atoms with Crippen LogP contribution in [0.25, 0.3) is 0 Å². The van der Waals surface area contributed by atoms with Gasteiger partial charge in [-0.15, -0.1) is 0 Å². The number of amides is 1. The summed E-state index contributed by atoms with van der Waals surface area (Å²) >= 11 is 0. The molecule has 0 bridgehead atoms. The van der Waals surface area contributed by atoms with E-state index in [0.29, 0.717) is 6.61 Å². The van der Waals surface area contributed by atoms with E-state index in [1.165, 1.54) is 64.3 Å². The molecule has 130 valence electrons. The fourth-order valence-corrected chi connectivity index (χ4v) is 3.30. The van der Waals surface area contributed by atoms with E-state index in [4.69, 9.17) is 10.8 Å². The number of primary amides is 1. The summed E-state index contributed by atoms with van der Waals surface area (Å²) in [5, 5.41) is 8.70. The zero-order chi connectivity index (χ0) is 16.0. The molecule has 1 saturated heterocycles. The van der Waals surface area contributed by atoms with Crippen LogP contribution in [-0.4, -0.2) is 42.2 Å². The summed E-state index contributed by atoms with van der Waals surface area (Å²) in [6, 6.07) is 0. The zero-order valence-electron chi connectivity index (χ0n) is 14.3. The van der Waals surface area contributed by atoms with Gasteiger partial charge in [0, 0.05) is 12.5 Å². The van der Waals surface area contributed by atoms with Gasteiger partial charge in [0.05, 0.1) is 0 Å². The van der Waals surface area contributed by atoms with Gasteiger partial charge in [-0.2, -0.15) is 0 Å². The van der Waals surface area contributed by atoms with Crippen LogP contribution in [0.15, 0.2) is 0 Å². The summed E-state index contributed by atoms with van der Waals surface area (Å²) in [5.74, 6) is 0.00430. The van der Waals surface area contributed by atoms with Gasteiger partial charge in [-0.1, -0.05) is 51.4 Å². The van der Waals surface area contributed by atoms with Gasteiger partial charge in [0.15, 0.2) is 0 Å². The molecule has 4 heteroatoms. The highest BCUT2D eigenvalue weighted by atomic mass is 16.2. The molecule has 0 radical (unpaired) electrons. The van der Waals surface area contributed by atoms with Crippen molar-refractivity contribution in [1.82, 2.24) is 4.90 Å². The van der Waals surface area contributed by atoms with E-state index in [9.17, 15) is 4.79 Å². The van der Waals surface area contributed by atoms with Crippen molar-refractivity contribution in [3.63, 3.8) is 0 Å². The van der Waals surface area contributed by atoms with Crippen LogP contribution in [0.5, 0.6) is 0 Å². The first-order chi connectivity index (χ1) is 10.7. The minimum atomic E-state index is -0.115. The quantitative estimate of drug-likeness (QED) is 0.514. The van der Waals surface area contributed by atoms with Gasteiger partial charge in [-0.25, -0.2) is 0 Å². The standard InChI is InChI=1S/C18H36N2O2/c19-18(22)17-11-14-20(15-12-17)13-9-7-5-3-1-2-4-6-8-10-16-21/h17,21H,1-16H2,(H2,19,22). The highest BCUT2D eigenvalue weighted by Gasteiger charge is 2.22. The van der Waals surface area contributed by atoms with Gasteiger partial charge in [0.1, 0.15) is 0 Å². The van der Waals surface area contributed by atoms with Crippen molar-refractivity contribution in [2.45, 2.75) is 77.0 Å². The lowest BCUT2D eigenvalue weighted by atomic mass is 9.96. The van der Waals surface area contributed by atoms with Crippen LogP contribution < -0.4 is 5.73 Å². The van der Waals surface area contributed by atoms with Gasteiger partial charge in [-0.05, 0) is 45.3 Å². The molecule has 0 atom stereocenters. The summed E-state index contributed by atoms with van der Waals surface area (Å²) in [6.45, 7) is 3.62. The van der Waals surface area contributed by atoms with Gasteiger partial charge >= 0.3 is 0 Å². The zero-order valence-corrected chi connectivity index (χ0v) is 14.3. The van der Waals surface area contributed by atoms with Crippen LogP contribution in [0, 0.1) is 5.92 Å². The second-order valence-electron chi connectivity index (χ2n) is 6.78. The molecule has 1 rings (SSSR count). The molecule has 0 aromatic rings. The lowest BCUT2D eigenvalue weighted by Gasteiger charge is -2.30. The lowest BCUT2D eigenvalue weighted by molar-refractivity contribution is -0.123. The molecule has 0 aliphatic carbocycles. The first-order valence-electron chi connectivity index (χ1n) is 9.36. The molecule has 1 aliphatic heterocycles. The monoisotopic (exact) mass is 312 g/mol. The summed E-state index contributed by atoms with van der Waals surface area (Å²) < 4.78 is 0. The van der Waals surface area contributed by atoms with Crippen molar-refractivity contribution in [3.8, 4) is 0 Å².